The molecule has 0 fully saturated rings. The molecule has 0 radical (unpaired) electrons. The lowest BCUT2D eigenvalue weighted by Gasteiger charge is -2.07. The maximum atomic E-state index is 11.1. The normalized spacial score (nSPS) is 10.3. The van der Waals surface area contributed by atoms with Crippen LogP contribution in [0.1, 0.15) is 5.56 Å². The van der Waals surface area contributed by atoms with Crippen LogP contribution in [0.3, 0.4) is 0 Å². The van der Waals surface area contributed by atoms with Crippen LogP contribution in [0.4, 0.5) is 5.69 Å². The van der Waals surface area contributed by atoms with E-state index in [1.165, 1.54) is 6.07 Å². The molecule has 2 aromatic carbocycles. The van der Waals surface area contributed by atoms with Gasteiger partial charge in [-0.05, 0) is 48.9 Å². The van der Waals surface area contributed by atoms with Gasteiger partial charge in [0.15, 0.2) is 0 Å². The summed E-state index contributed by atoms with van der Waals surface area (Å²) in [5, 5.41) is 11.7. The van der Waals surface area contributed by atoms with Crippen molar-refractivity contribution in [3.05, 3.63) is 63.2 Å². The minimum atomic E-state index is -0.467. The quantitative estimate of drug-likeness (QED) is 0.675. The molecule has 0 spiro atoms. The molecule has 0 aromatic heterocycles. The van der Waals surface area contributed by atoms with Crippen LogP contribution in [-0.4, -0.2) is 11.5 Å². The maximum Gasteiger partial charge on any atom is 0.311 e. The molecule has 0 saturated carbocycles. The predicted molar refractivity (Wildman–Crippen MR) is 77.4 cm³/mol. The van der Waals surface area contributed by atoms with Gasteiger partial charge < -0.3 is 10.5 Å². The van der Waals surface area contributed by atoms with Crippen molar-refractivity contribution in [2.75, 3.05) is 6.54 Å². The summed E-state index contributed by atoms with van der Waals surface area (Å²) in [6.45, 7) is 0.439. The van der Waals surface area contributed by atoms with Crippen LogP contribution in [0.25, 0.3) is 0 Å². The molecule has 0 amide bonds. The fourth-order valence-electron chi connectivity index (χ4n) is 1.74. The van der Waals surface area contributed by atoms with Crippen LogP contribution >= 0.6 is 11.6 Å². The highest BCUT2D eigenvalue weighted by molar-refractivity contribution is 6.30. The van der Waals surface area contributed by atoms with Gasteiger partial charge >= 0.3 is 5.69 Å². The van der Waals surface area contributed by atoms with E-state index in [0.717, 1.165) is 5.56 Å². The molecule has 6 heteroatoms. The molecular formula is C14H13ClN2O3. The van der Waals surface area contributed by atoms with Gasteiger partial charge in [-0.1, -0.05) is 17.7 Å². The van der Waals surface area contributed by atoms with E-state index in [2.05, 4.69) is 0 Å². The first kappa shape index (κ1) is 14.3. The standard InChI is InChI=1S/C14H13ClN2O3/c15-11-2-4-12(5-3-11)20-14-6-1-10(7-8-16)9-13(14)17(18)19/h1-6,9H,7-8,16H2. The Morgan fingerprint density at radius 2 is 1.90 bits per heavy atom. The number of nitro groups is 1. The lowest BCUT2D eigenvalue weighted by atomic mass is 10.1. The smallest absolute Gasteiger partial charge is 0.311 e. The number of rotatable bonds is 5. The first-order chi connectivity index (χ1) is 9.60. The predicted octanol–water partition coefficient (Wildman–Crippen LogP) is 3.54. The molecule has 0 unspecified atom stereocenters. The Morgan fingerprint density at radius 1 is 1.20 bits per heavy atom. The Morgan fingerprint density at radius 3 is 2.50 bits per heavy atom. The summed E-state index contributed by atoms with van der Waals surface area (Å²) in [6, 6.07) is 11.5. The topological polar surface area (TPSA) is 78.4 Å². The lowest BCUT2D eigenvalue weighted by molar-refractivity contribution is -0.385. The number of nitrogens with two attached hydrogens (primary N) is 1. The monoisotopic (exact) mass is 292 g/mol. The Balaban J connectivity index is 2.30. The van der Waals surface area contributed by atoms with Crippen molar-refractivity contribution in [3.8, 4) is 11.5 Å². The first-order valence-corrected chi connectivity index (χ1v) is 6.39. The largest absolute Gasteiger partial charge is 0.450 e. The second kappa shape index (κ2) is 6.36. The van der Waals surface area contributed by atoms with Crippen molar-refractivity contribution in [1.82, 2.24) is 0 Å². The van der Waals surface area contributed by atoms with Crippen molar-refractivity contribution in [2.24, 2.45) is 5.73 Å². The average molecular weight is 293 g/mol. The average Bonchev–Trinajstić information content (AvgIpc) is 2.43. The van der Waals surface area contributed by atoms with Crippen LogP contribution in [-0.2, 0) is 6.42 Å². The zero-order valence-corrected chi connectivity index (χ0v) is 11.3. The fourth-order valence-corrected chi connectivity index (χ4v) is 1.87. The van der Waals surface area contributed by atoms with Crippen LogP contribution in [0, 0.1) is 10.1 Å². The van der Waals surface area contributed by atoms with E-state index in [1.54, 1.807) is 36.4 Å². The highest BCUT2D eigenvalue weighted by Crippen LogP contribution is 2.32. The molecule has 0 aliphatic rings. The van der Waals surface area contributed by atoms with Crippen LogP contribution in [0.5, 0.6) is 11.5 Å². The van der Waals surface area contributed by atoms with Crippen LogP contribution < -0.4 is 10.5 Å². The summed E-state index contributed by atoms with van der Waals surface area (Å²) in [7, 11) is 0. The molecule has 104 valence electrons. The maximum absolute atomic E-state index is 11.1. The summed E-state index contributed by atoms with van der Waals surface area (Å²) in [5.74, 6) is 0.683. The molecule has 0 heterocycles. The van der Waals surface area contributed by atoms with E-state index in [4.69, 9.17) is 22.1 Å². The highest BCUT2D eigenvalue weighted by Gasteiger charge is 2.16. The van der Waals surface area contributed by atoms with Gasteiger partial charge in [-0.2, -0.15) is 0 Å². The third kappa shape index (κ3) is 3.46. The van der Waals surface area contributed by atoms with Crippen molar-refractivity contribution in [3.63, 3.8) is 0 Å². The van der Waals surface area contributed by atoms with Crippen molar-refractivity contribution in [1.29, 1.82) is 0 Å². The van der Waals surface area contributed by atoms with E-state index in [0.29, 0.717) is 23.7 Å². The van der Waals surface area contributed by atoms with Crippen molar-refractivity contribution in [2.45, 2.75) is 6.42 Å². The van der Waals surface area contributed by atoms with Gasteiger partial charge in [0, 0.05) is 11.1 Å². The molecule has 2 N–H and O–H groups in total. The number of hydrogen-bond donors (Lipinski definition) is 1. The van der Waals surface area contributed by atoms with E-state index >= 15 is 0 Å². The highest BCUT2D eigenvalue weighted by atomic mass is 35.5. The minimum absolute atomic E-state index is 0.0779. The van der Waals surface area contributed by atoms with Gasteiger partial charge in [-0.3, -0.25) is 10.1 Å². The Bertz CT molecular complexity index is 614. The number of ether oxygens (including phenoxy) is 1. The van der Waals surface area contributed by atoms with E-state index in [9.17, 15) is 10.1 Å². The van der Waals surface area contributed by atoms with Gasteiger partial charge in [-0.25, -0.2) is 0 Å². The molecule has 20 heavy (non-hydrogen) atoms. The number of hydrogen-bond acceptors (Lipinski definition) is 4. The lowest BCUT2D eigenvalue weighted by Crippen LogP contribution is -2.03. The number of nitro benzene ring substituents is 1. The number of benzene rings is 2. The van der Waals surface area contributed by atoms with Gasteiger partial charge in [0.2, 0.25) is 5.75 Å². The van der Waals surface area contributed by atoms with Gasteiger partial charge in [0.1, 0.15) is 5.75 Å². The fraction of sp³-hybridized carbons (Fsp3) is 0.143. The van der Waals surface area contributed by atoms with Crippen molar-refractivity contribution < 1.29 is 9.66 Å². The molecule has 0 aliphatic heterocycles. The summed E-state index contributed by atoms with van der Waals surface area (Å²) in [5.41, 5.74) is 6.18. The van der Waals surface area contributed by atoms with Gasteiger partial charge in [-0.15, -0.1) is 0 Å². The third-order valence-corrected chi connectivity index (χ3v) is 2.95. The molecule has 5 nitrogen and oxygen atoms in total. The summed E-state index contributed by atoms with van der Waals surface area (Å²) < 4.78 is 5.53. The van der Waals surface area contributed by atoms with Crippen LogP contribution in [0.2, 0.25) is 5.02 Å². The summed E-state index contributed by atoms with van der Waals surface area (Å²) >= 11 is 5.78. The zero-order valence-electron chi connectivity index (χ0n) is 10.6. The van der Waals surface area contributed by atoms with Crippen molar-refractivity contribution >= 4 is 17.3 Å². The number of halogens is 1. The molecule has 2 rings (SSSR count). The molecule has 0 saturated heterocycles. The SMILES string of the molecule is NCCc1ccc(Oc2ccc(Cl)cc2)c([N+](=O)[O-])c1. The molecule has 2 aromatic rings. The molecule has 0 atom stereocenters. The third-order valence-electron chi connectivity index (χ3n) is 2.69. The second-order valence-corrected chi connectivity index (χ2v) is 4.59. The molecule has 0 aliphatic carbocycles. The number of nitrogens with zero attached hydrogens (tertiary/aromatic N) is 1. The Labute approximate surface area is 121 Å². The van der Waals surface area contributed by atoms with E-state index < -0.39 is 4.92 Å². The van der Waals surface area contributed by atoms with Gasteiger partial charge in [0.05, 0.1) is 4.92 Å². The zero-order chi connectivity index (χ0) is 14.5. The van der Waals surface area contributed by atoms with Gasteiger partial charge in [0.25, 0.3) is 0 Å². The Kier molecular flexibility index (Phi) is 4.55. The summed E-state index contributed by atoms with van der Waals surface area (Å²) in [6.07, 6.45) is 0.585. The second-order valence-electron chi connectivity index (χ2n) is 4.15. The first-order valence-electron chi connectivity index (χ1n) is 6.01. The van der Waals surface area contributed by atoms with Crippen LogP contribution in [0.15, 0.2) is 42.5 Å². The van der Waals surface area contributed by atoms with E-state index in [1.807, 2.05) is 0 Å². The molecular weight excluding hydrogens is 280 g/mol. The Hall–Kier alpha value is -2.11. The molecule has 0 bridgehead atoms. The minimum Gasteiger partial charge on any atom is -0.450 e. The van der Waals surface area contributed by atoms with E-state index in [-0.39, 0.29) is 11.4 Å². The summed E-state index contributed by atoms with van der Waals surface area (Å²) in [4.78, 5) is 10.6.